The Morgan fingerprint density at radius 3 is 2.26 bits per heavy atom. The zero-order valence-corrected chi connectivity index (χ0v) is 28.1. The van der Waals surface area contributed by atoms with Gasteiger partial charge in [-0.05, 0) is 86.2 Å². The molecule has 1 amide bonds. The molecule has 11 nitrogen and oxygen atoms in total. The molecule has 5 rings (SSSR count). The molecular formula is C35H40N4O7S. The van der Waals surface area contributed by atoms with Crippen molar-refractivity contribution in [2.45, 2.75) is 69.9 Å². The first-order chi connectivity index (χ1) is 22.2. The number of aliphatic imine (C=N–C) groups is 1. The molecule has 2 aliphatic rings. The van der Waals surface area contributed by atoms with Crippen molar-refractivity contribution < 1.29 is 32.6 Å². The van der Waals surface area contributed by atoms with Crippen LogP contribution in [0.1, 0.15) is 59.6 Å². The minimum Gasteiger partial charge on any atom is -0.487 e. The van der Waals surface area contributed by atoms with Gasteiger partial charge in [0.05, 0.1) is 4.90 Å². The maximum absolute atomic E-state index is 13.6. The van der Waals surface area contributed by atoms with Gasteiger partial charge in [-0.25, -0.2) is 22.7 Å². The highest BCUT2D eigenvalue weighted by atomic mass is 32.2. The van der Waals surface area contributed by atoms with E-state index in [2.05, 4.69) is 20.3 Å². The first-order valence-electron chi connectivity index (χ1n) is 15.3. The fraction of sp³-hybridized carbons (Fsp3) is 0.343. The monoisotopic (exact) mass is 660 g/mol. The van der Waals surface area contributed by atoms with Crippen molar-refractivity contribution >= 4 is 28.0 Å². The van der Waals surface area contributed by atoms with E-state index in [0.717, 1.165) is 39.1 Å². The summed E-state index contributed by atoms with van der Waals surface area (Å²) in [7, 11) is -2.63. The highest BCUT2D eigenvalue weighted by Crippen LogP contribution is 2.45. The fourth-order valence-electron chi connectivity index (χ4n) is 6.31. The second-order valence-electron chi connectivity index (χ2n) is 12.4. The zero-order valence-electron chi connectivity index (χ0n) is 27.3. The molecular weight excluding hydrogens is 620 g/mol. The molecule has 47 heavy (non-hydrogen) atoms. The van der Waals surface area contributed by atoms with Crippen molar-refractivity contribution in [3.63, 3.8) is 0 Å². The van der Waals surface area contributed by atoms with Crippen molar-refractivity contribution in [1.82, 2.24) is 15.4 Å². The molecule has 1 heterocycles. The molecule has 0 unspecified atom stereocenters. The summed E-state index contributed by atoms with van der Waals surface area (Å²) in [5, 5.41) is 14.9. The van der Waals surface area contributed by atoms with E-state index >= 15 is 0 Å². The Hall–Kier alpha value is -4.84. The van der Waals surface area contributed by atoms with Crippen LogP contribution in [0.4, 0.5) is 4.79 Å². The fourth-order valence-corrected chi connectivity index (χ4v) is 7.90. The number of guanidine groups is 1. The number of sulfonamides is 1. The molecule has 248 valence electrons. The van der Waals surface area contributed by atoms with Crippen LogP contribution in [0.3, 0.4) is 0 Å². The number of benzene rings is 3. The minimum atomic E-state index is -4.05. The van der Waals surface area contributed by atoms with Crippen molar-refractivity contribution in [2.24, 2.45) is 4.99 Å². The lowest BCUT2D eigenvalue weighted by Crippen LogP contribution is -2.41. The van der Waals surface area contributed by atoms with Gasteiger partial charge in [0.2, 0.25) is 5.96 Å². The molecule has 0 fully saturated rings. The van der Waals surface area contributed by atoms with Gasteiger partial charge in [-0.15, -0.1) is 0 Å². The van der Waals surface area contributed by atoms with E-state index in [0.29, 0.717) is 17.5 Å². The summed E-state index contributed by atoms with van der Waals surface area (Å²) in [6.45, 7) is 9.35. The Morgan fingerprint density at radius 1 is 1.04 bits per heavy atom. The molecule has 0 spiro atoms. The number of nitrogens with zero attached hydrogens (tertiary/aromatic N) is 1. The number of hydrogen-bond donors (Lipinski definition) is 4. The summed E-state index contributed by atoms with van der Waals surface area (Å²) in [6, 6.07) is 14.6. The normalized spacial score (nSPS) is 15.7. The van der Waals surface area contributed by atoms with E-state index in [1.54, 1.807) is 13.8 Å². The molecule has 1 aliphatic carbocycles. The lowest BCUT2D eigenvalue weighted by molar-refractivity contribution is -0.139. The molecule has 3 aromatic carbocycles. The van der Waals surface area contributed by atoms with Crippen molar-refractivity contribution in [3.8, 4) is 16.9 Å². The molecule has 0 bridgehead atoms. The molecule has 0 aromatic heterocycles. The van der Waals surface area contributed by atoms with Gasteiger partial charge < -0.3 is 25.2 Å². The van der Waals surface area contributed by atoms with Crippen LogP contribution in [0.25, 0.3) is 11.1 Å². The lowest BCUT2D eigenvalue weighted by atomic mass is 9.94. The van der Waals surface area contributed by atoms with Crippen molar-refractivity contribution in [3.05, 3.63) is 94.2 Å². The number of rotatable bonds is 9. The maximum Gasteiger partial charge on any atom is 0.407 e. The van der Waals surface area contributed by atoms with Gasteiger partial charge in [-0.3, -0.25) is 4.99 Å². The number of ether oxygens (including phenoxy) is 2. The van der Waals surface area contributed by atoms with Gasteiger partial charge in [0.25, 0.3) is 10.0 Å². The highest BCUT2D eigenvalue weighted by molar-refractivity contribution is 7.90. The summed E-state index contributed by atoms with van der Waals surface area (Å²) in [6.07, 6.45) is 2.45. The Labute approximate surface area is 275 Å². The average Bonchev–Trinajstić information content (AvgIpc) is 3.53. The predicted molar refractivity (Wildman–Crippen MR) is 179 cm³/mol. The summed E-state index contributed by atoms with van der Waals surface area (Å²) in [4.78, 5) is 28.7. The van der Waals surface area contributed by atoms with Crippen molar-refractivity contribution in [2.75, 3.05) is 13.7 Å². The predicted octanol–water partition coefficient (Wildman–Crippen LogP) is 5.07. The minimum absolute atomic E-state index is 0.0491. The van der Waals surface area contributed by atoms with Gasteiger partial charge in [0, 0.05) is 24.9 Å². The average molecular weight is 661 g/mol. The van der Waals surface area contributed by atoms with Gasteiger partial charge in [-0.2, -0.15) is 0 Å². The third-order valence-corrected chi connectivity index (χ3v) is 10.3. The molecule has 0 saturated heterocycles. The second kappa shape index (κ2) is 13.1. The number of carbonyl (C=O) groups is 2. The molecule has 0 saturated carbocycles. The molecule has 1 atom stereocenters. The molecule has 3 aromatic rings. The van der Waals surface area contributed by atoms with E-state index in [9.17, 15) is 23.1 Å². The van der Waals surface area contributed by atoms with Crippen LogP contribution >= 0.6 is 0 Å². The lowest BCUT2D eigenvalue weighted by Gasteiger charge is -2.19. The maximum atomic E-state index is 13.6. The topological polar surface area (TPSA) is 155 Å². The number of hydrogen-bond acceptors (Lipinski definition) is 7. The van der Waals surface area contributed by atoms with E-state index in [4.69, 9.17) is 9.47 Å². The van der Waals surface area contributed by atoms with Crippen LogP contribution < -0.4 is 20.1 Å². The summed E-state index contributed by atoms with van der Waals surface area (Å²) in [5.74, 6) is -0.747. The standard InChI is InChI=1S/C35H40N4O7S/c1-20-21(2)31(22(3)27-18-35(4,5)46-30(20)27)47(43,44)39-33(36-6)37-17-11-16-29(32(40)41)38-34(42)45-19-28-25-14-9-7-12-23(25)24-13-8-10-15-26(24)28/h7-15,17,28-29H,16,18-19H2,1-6H3,(H,38,42)(H,40,41)(H2,36,37,39)/b17-11+/t29-/m0/s1. The number of alkyl carbamates (subject to hydrolysis) is 1. The Bertz CT molecular complexity index is 1850. The third kappa shape index (κ3) is 6.83. The van der Waals surface area contributed by atoms with Gasteiger partial charge in [-0.1, -0.05) is 54.6 Å². The van der Waals surface area contributed by atoms with E-state index in [1.807, 2.05) is 69.3 Å². The number of fused-ring (bicyclic) bond motifs is 4. The number of aliphatic carboxylic acids is 1. The second-order valence-corrected chi connectivity index (χ2v) is 14.0. The summed E-state index contributed by atoms with van der Waals surface area (Å²) < 4.78 is 41.2. The van der Waals surface area contributed by atoms with Crippen LogP contribution in [-0.4, -0.2) is 56.8 Å². The van der Waals surface area contributed by atoms with Gasteiger partial charge in [0.1, 0.15) is 24.0 Å². The van der Waals surface area contributed by atoms with Crippen LogP contribution in [0.5, 0.6) is 5.75 Å². The molecule has 1 aliphatic heterocycles. The van der Waals surface area contributed by atoms with Crippen molar-refractivity contribution in [1.29, 1.82) is 0 Å². The first-order valence-corrected chi connectivity index (χ1v) is 16.8. The molecule has 4 N–H and O–H groups in total. The Morgan fingerprint density at radius 2 is 1.66 bits per heavy atom. The number of amides is 1. The Balaban J connectivity index is 1.18. The number of carboxylic acids is 1. The number of carboxylic acid groups (broad SMARTS) is 1. The van der Waals surface area contributed by atoms with Gasteiger partial charge in [0.15, 0.2) is 0 Å². The largest absolute Gasteiger partial charge is 0.487 e. The van der Waals surface area contributed by atoms with Crippen LogP contribution in [0, 0.1) is 20.8 Å². The van der Waals surface area contributed by atoms with Crippen LogP contribution in [0.2, 0.25) is 0 Å². The first kappa shape index (κ1) is 33.5. The van der Waals surface area contributed by atoms with Crippen LogP contribution in [0.15, 0.2) is 70.7 Å². The molecule has 12 heteroatoms. The molecule has 0 radical (unpaired) electrons. The summed E-state index contributed by atoms with van der Waals surface area (Å²) >= 11 is 0. The highest BCUT2D eigenvalue weighted by Gasteiger charge is 2.37. The van der Waals surface area contributed by atoms with E-state index in [-0.39, 0.29) is 29.8 Å². The van der Waals surface area contributed by atoms with Crippen LogP contribution in [-0.2, 0) is 26.0 Å². The SMILES string of the molecule is CN=C(N/C=C/C[C@H](NC(=O)OCC1c2ccccc2-c2ccccc21)C(=O)O)NS(=O)(=O)c1c(C)c(C)c2c(c1C)CC(C)(C)O2. The number of carbonyl (C=O) groups excluding carboxylic acids is 1. The number of nitrogens with one attached hydrogen (secondary N) is 3. The Kier molecular flexibility index (Phi) is 9.35. The smallest absolute Gasteiger partial charge is 0.407 e. The van der Waals surface area contributed by atoms with Gasteiger partial charge >= 0.3 is 12.1 Å². The quantitative estimate of drug-likeness (QED) is 0.183. The van der Waals surface area contributed by atoms with E-state index < -0.39 is 33.7 Å². The third-order valence-electron chi connectivity index (χ3n) is 8.66. The summed E-state index contributed by atoms with van der Waals surface area (Å²) in [5.41, 5.74) is 6.66. The van der Waals surface area contributed by atoms with E-state index in [1.165, 1.54) is 19.3 Å². The zero-order chi connectivity index (χ0) is 34.1.